The van der Waals surface area contributed by atoms with Crippen molar-refractivity contribution in [3.8, 4) is 11.5 Å². The number of rotatable bonds is 6. The van der Waals surface area contributed by atoms with Gasteiger partial charge in [0.05, 0.1) is 36.9 Å². The SMILES string of the molecule is COc1ccc(/C(O)=C2\C(=O)C(=O)N(Cc3ccccc3OC)C2c2ccccc2C)cc1Br. The zero-order chi connectivity index (χ0) is 24.4. The second kappa shape index (κ2) is 9.73. The van der Waals surface area contributed by atoms with Crippen LogP contribution in [0.3, 0.4) is 0 Å². The summed E-state index contributed by atoms with van der Waals surface area (Å²) in [5.41, 5.74) is 2.89. The molecule has 0 aliphatic carbocycles. The molecule has 3 aromatic carbocycles. The van der Waals surface area contributed by atoms with Gasteiger partial charge >= 0.3 is 0 Å². The minimum atomic E-state index is -0.757. The Labute approximate surface area is 206 Å². The Balaban J connectivity index is 1.89. The fraction of sp³-hybridized carbons (Fsp3) is 0.185. The van der Waals surface area contributed by atoms with E-state index in [-0.39, 0.29) is 17.9 Å². The number of methoxy groups -OCH3 is 2. The predicted molar refractivity (Wildman–Crippen MR) is 133 cm³/mol. The number of ketones is 1. The summed E-state index contributed by atoms with van der Waals surface area (Å²) in [6.45, 7) is 2.07. The van der Waals surface area contributed by atoms with E-state index in [0.717, 1.165) is 16.7 Å². The summed E-state index contributed by atoms with van der Waals surface area (Å²) in [4.78, 5) is 28.1. The molecule has 1 fully saturated rings. The van der Waals surface area contributed by atoms with E-state index in [1.165, 1.54) is 4.90 Å². The average molecular weight is 522 g/mol. The van der Waals surface area contributed by atoms with E-state index in [9.17, 15) is 14.7 Å². The topological polar surface area (TPSA) is 76.1 Å². The summed E-state index contributed by atoms with van der Waals surface area (Å²) in [5, 5.41) is 11.3. The van der Waals surface area contributed by atoms with Crippen molar-refractivity contribution in [1.29, 1.82) is 0 Å². The summed E-state index contributed by atoms with van der Waals surface area (Å²) >= 11 is 3.42. The molecule has 1 atom stereocenters. The monoisotopic (exact) mass is 521 g/mol. The van der Waals surface area contributed by atoms with Crippen molar-refractivity contribution in [2.24, 2.45) is 0 Å². The Morgan fingerprint density at radius 2 is 1.65 bits per heavy atom. The van der Waals surface area contributed by atoms with Gasteiger partial charge in [-0.3, -0.25) is 9.59 Å². The molecule has 3 aromatic rings. The van der Waals surface area contributed by atoms with Crippen LogP contribution in [0.25, 0.3) is 5.76 Å². The second-order valence-electron chi connectivity index (χ2n) is 7.94. The van der Waals surface area contributed by atoms with Gasteiger partial charge in [-0.1, -0.05) is 42.5 Å². The quantitative estimate of drug-likeness (QED) is 0.267. The predicted octanol–water partition coefficient (Wildman–Crippen LogP) is 5.40. The van der Waals surface area contributed by atoms with Gasteiger partial charge in [-0.25, -0.2) is 0 Å². The molecule has 1 unspecified atom stereocenters. The number of amides is 1. The van der Waals surface area contributed by atoms with Gasteiger partial charge < -0.3 is 19.5 Å². The maximum absolute atomic E-state index is 13.3. The van der Waals surface area contributed by atoms with E-state index < -0.39 is 17.7 Å². The minimum Gasteiger partial charge on any atom is -0.507 e. The summed E-state index contributed by atoms with van der Waals surface area (Å²) in [7, 11) is 3.11. The van der Waals surface area contributed by atoms with Crippen LogP contribution < -0.4 is 9.47 Å². The van der Waals surface area contributed by atoms with Gasteiger partial charge in [-0.05, 0) is 58.2 Å². The van der Waals surface area contributed by atoms with Crippen LogP contribution in [0.4, 0.5) is 0 Å². The van der Waals surface area contributed by atoms with E-state index >= 15 is 0 Å². The molecule has 1 aliphatic heterocycles. The number of likely N-dealkylation sites (tertiary alicyclic amines) is 1. The normalized spacial score (nSPS) is 17.2. The van der Waals surface area contributed by atoms with Gasteiger partial charge in [0.25, 0.3) is 11.7 Å². The van der Waals surface area contributed by atoms with Gasteiger partial charge in [0, 0.05) is 11.1 Å². The van der Waals surface area contributed by atoms with Crippen molar-refractivity contribution in [1.82, 2.24) is 4.90 Å². The molecule has 1 heterocycles. The third-order valence-corrected chi connectivity index (χ3v) is 6.60. The van der Waals surface area contributed by atoms with E-state index in [4.69, 9.17) is 9.47 Å². The van der Waals surface area contributed by atoms with E-state index in [0.29, 0.717) is 21.5 Å². The number of aliphatic hydroxyl groups is 1. The zero-order valence-corrected chi connectivity index (χ0v) is 20.6. The standard InChI is InChI=1S/C27H24BrNO5/c1-16-8-4-6-10-19(16)24-23(25(30)17-12-13-22(34-3)20(28)14-17)26(31)27(32)29(24)15-18-9-5-7-11-21(18)33-2/h4-14,24,30H,15H2,1-3H3/b25-23+. The van der Waals surface area contributed by atoms with Gasteiger partial charge in [-0.2, -0.15) is 0 Å². The van der Waals surface area contributed by atoms with Gasteiger partial charge in [0.2, 0.25) is 0 Å². The lowest BCUT2D eigenvalue weighted by atomic mass is 9.92. The molecule has 7 heteroatoms. The molecule has 0 bridgehead atoms. The van der Waals surface area contributed by atoms with Crippen LogP contribution in [0, 0.1) is 6.92 Å². The molecule has 1 N–H and O–H groups in total. The van der Waals surface area contributed by atoms with Crippen LogP contribution in [-0.2, 0) is 16.1 Å². The lowest BCUT2D eigenvalue weighted by Crippen LogP contribution is -2.29. The van der Waals surface area contributed by atoms with Gasteiger partial charge in [0.15, 0.2) is 0 Å². The molecule has 6 nitrogen and oxygen atoms in total. The largest absolute Gasteiger partial charge is 0.507 e. The molecular weight excluding hydrogens is 498 g/mol. The molecule has 174 valence electrons. The lowest BCUT2D eigenvalue weighted by molar-refractivity contribution is -0.140. The lowest BCUT2D eigenvalue weighted by Gasteiger charge is -2.27. The van der Waals surface area contributed by atoms with Crippen LogP contribution in [0.15, 0.2) is 76.8 Å². The molecule has 0 spiro atoms. The zero-order valence-electron chi connectivity index (χ0n) is 19.0. The maximum Gasteiger partial charge on any atom is 0.295 e. The third-order valence-electron chi connectivity index (χ3n) is 5.98. The fourth-order valence-corrected chi connectivity index (χ4v) is 4.79. The molecule has 0 aromatic heterocycles. The first-order valence-corrected chi connectivity index (χ1v) is 11.5. The number of Topliss-reactive ketones (excluding diaryl/α,β-unsaturated/α-hetero) is 1. The number of carbonyl (C=O) groups excluding carboxylic acids is 2. The molecular formula is C27H24BrNO5. The first-order valence-electron chi connectivity index (χ1n) is 10.7. The number of carbonyl (C=O) groups is 2. The summed E-state index contributed by atoms with van der Waals surface area (Å²) in [6.07, 6.45) is 0. The number of benzene rings is 3. The molecule has 1 amide bonds. The van der Waals surface area contributed by atoms with Crippen molar-refractivity contribution in [2.45, 2.75) is 19.5 Å². The van der Waals surface area contributed by atoms with Crippen LogP contribution in [0.2, 0.25) is 0 Å². The van der Waals surface area contributed by atoms with E-state index in [1.54, 1.807) is 32.4 Å². The first-order chi connectivity index (χ1) is 16.4. The smallest absolute Gasteiger partial charge is 0.295 e. The molecule has 34 heavy (non-hydrogen) atoms. The third kappa shape index (κ3) is 4.19. The van der Waals surface area contributed by atoms with Crippen molar-refractivity contribution in [2.75, 3.05) is 14.2 Å². The van der Waals surface area contributed by atoms with Crippen LogP contribution >= 0.6 is 15.9 Å². The molecule has 0 saturated carbocycles. The number of aryl methyl sites for hydroxylation is 1. The molecule has 4 rings (SSSR count). The summed E-state index contributed by atoms with van der Waals surface area (Å²) in [5.74, 6) is -0.436. The van der Waals surface area contributed by atoms with Crippen molar-refractivity contribution in [3.63, 3.8) is 0 Å². The number of nitrogens with zero attached hydrogens (tertiary/aromatic N) is 1. The Bertz CT molecular complexity index is 1300. The van der Waals surface area contributed by atoms with E-state index in [2.05, 4.69) is 15.9 Å². The summed E-state index contributed by atoms with van der Waals surface area (Å²) < 4.78 is 11.3. The van der Waals surface area contributed by atoms with E-state index in [1.807, 2.05) is 55.5 Å². The molecule has 0 radical (unpaired) electrons. The minimum absolute atomic E-state index is 0.0475. The second-order valence-corrected chi connectivity index (χ2v) is 8.80. The average Bonchev–Trinajstić information content (AvgIpc) is 3.09. The number of hydrogen-bond donors (Lipinski definition) is 1. The highest BCUT2D eigenvalue weighted by molar-refractivity contribution is 9.10. The number of halogens is 1. The van der Waals surface area contributed by atoms with Crippen LogP contribution in [0.1, 0.15) is 28.3 Å². The number of ether oxygens (including phenoxy) is 2. The highest BCUT2D eigenvalue weighted by Gasteiger charge is 2.46. The van der Waals surface area contributed by atoms with Crippen LogP contribution in [-0.4, -0.2) is 35.9 Å². The Kier molecular flexibility index (Phi) is 6.75. The van der Waals surface area contributed by atoms with Crippen molar-refractivity contribution in [3.05, 3.63) is 99.0 Å². The first kappa shape index (κ1) is 23.6. The Hall–Kier alpha value is -3.58. The highest BCUT2D eigenvalue weighted by atomic mass is 79.9. The number of para-hydroxylation sites is 1. The Morgan fingerprint density at radius 3 is 2.32 bits per heavy atom. The Morgan fingerprint density at radius 1 is 0.971 bits per heavy atom. The van der Waals surface area contributed by atoms with Crippen molar-refractivity contribution < 1.29 is 24.2 Å². The highest BCUT2D eigenvalue weighted by Crippen LogP contribution is 2.42. The summed E-state index contributed by atoms with van der Waals surface area (Å²) in [6, 6.07) is 19.2. The van der Waals surface area contributed by atoms with Crippen molar-refractivity contribution >= 4 is 33.4 Å². The number of aliphatic hydroxyl groups excluding tert-OH is 1. The number of hydrogen-bond acceptors (Lipinski definition) is 5. The molecule has 1 saturated heterocycles. The van der Waals surface area contributed by atoms with Crippen LogP contribution in [0.5, 0.6) is 11.5 Å². The maximum atomic E-state index is 13.3. The fourth-order valence-electron chi connectivity index (χ4n) is 4.25. The molecule has 1 aliphatic rings. The van der Waals surface area contributed by atoms with Gasteiger partial charge in [0.1, 0.15) is 17.3 Å². The van der Waals surface area contributed by atoms with Gasteiger partial charge in [-0.15, -0.1) is 0 Å².